The maximum atomic E-state index is 12.4. The first kappa shape index (κ1) is 23.0. The van der Waals surface area contributed by atoms with Crippen LogP contribution in [0, 0.1) is 0 Å². The number of carbonyl (C=O) groups excluding carboxylic acids is 3. The van der Waals surface area contributed by atoms with Gasteiger partial charge in [-0.25, -0.2) is 0 Å². The molecule has 2 aromatic carbocycles. The Labute approximate surface area is 189 Å². The van der Waals surface area contributed by atoms with E-state index in [1.807, 2.05) is 6.07 Å². The van der Waals surface area contributed by atoms with Gasteiger partial charge in [0.2, 0.25) is 17.7 Å². The highest BCUT2D eigenvalue weighted by Gasteiger charge is 2.32. The normalized spacial score (nSPS) is 17.1. The van der Waals surface area contributed by atoms with Crippen molar-refractivity contribution in [3.8, 4) is 5.75 Å². The van der Waals surface area contributed by atoms with Crippen LogP contribution in [-0.4, -0.2) is 41.0 Å². The van der Waals surface area contributed by atoms with Crippen molar-refractivity contribution >= 4 is 51.7 Å². The van der Waals surface area contributed by atoms with Crippen molar-refractivity contribution in [2.75, 3.05) is 17.7 Å². The Morgan fingerprint density at radius 1 is 1.12 bits per heavy atom. The van der Waals surface area contributed by atoms with Gasteiger partial charge in [0.25, 0.3) is 0 Å². The predicted octanol–water partition coefficient (Wildman–Crippen LogP) is 2.99. The third-order valence-electron chi connectivity index (χ3n) is 4.42. The Morgan fingerprint density at radius 2 is 1.91 bits per heavy atom. The molecule has 1 saturated heterocycles. The number of ether oxygens (including phenoxy) is 1. The second kappa shape index (κ2) is 10.6. The monoisotopic (exact) mass is 453 g/mol. The van der Waals surface area contributed by atoms with Crippen LogP contribution in [0.2, 0.25) is 0 Å². The number of para-hydroxylation sites is 2. The number of anilines is 2. The van der Waals surface area contributed by atoms with Gasteiger partial charge in [0.15, 0.2) is 5.17 Å². The minimum atomic E-state index is -0.609. The molecular formula is C22H23N5O4S. The summed E-state index contributed by atoms with van der Waals surface area (Å²) in [5, 5.41) is 16.1. The van der Waals surface area contributed by atoms with Crippen LogP contribution in [0.15, 0.2) is 58.7 Å². The van der Waals surface area contributed by atoms with Crippen molar-refractivity contribution < 1.29 is 19.1 Å². The van der Waals surface area contributed by atoms with Crippen molar-refractivity contribution in [2.45, 2.75) is 25.5 Å². The fourth-order valence-electron chi connectivity index (χ4n) is 2.91. The number of hydrogen-bond acceptors (Lipinski definition) is 7. The minimum Gasteiger partial charge on any atom is -0.495 e. The standard InChI is InChI=1S/C22H23N5O4S/c1-13(15-7-6-8-16(11-15)23-14(2)28)26-27-22-25-21(30)19(32-22)12-20(29)24-17-9-4-5-10-18(17)31-3/h4-11,19H,12H2,1-3H3,(H,23,28)(H,24,29)(H,25,27,30). The second-order valence-electron chi connectivity index (χ2n) is 6.90. The molecular weight excluding hydrogens is 430 g/mol. The lowest BCUT2D eigenvalue weighted by Gasteiger charge is -2.10. The highest BCUT2D eigenvalue weighted by Crippen LogP contribution is 2.26. The number of nitrogens with zero attached hydrogens (tertiary/aromatic N) is 2. The summed E-state index contributed by atoms with van der Waals surface area (Å²) in [4.78, 5) is 35.9. The molecule has 10 heteroatoms. The molecule has 0 spiro atoms. The summed E-state index contributed by atoms with van der Waals surface area (Å²) in [6.45, 7) is 3.21. The van der Waals surface area contributed by atoms with Crippen LogP contribution in [0.4, 0.5) is 11.4 Å². The van der Waals surface area contributed by atoms with E-state index in [0.717, 1.165) is 17.3 Å². The van der Waals surface area contributed by atoms with Gasteiger partial charge in [-0.2, -0.15) is 5.10 Å². The van der Waals surface area contributed by atoms with Gasteiger partial charge in [-0.15, -0.1) is 5.10 Å². The van der Waals surface area contributed by atoms with Gasteiger partial charge in [0, 0.05) is 19.0 Å². The number of methoxy groups -OCH3 is 1. The molecule has 1 unspecified atom stereocenters. The average Bonchev–Trinajstić information content (AvgIpc) is 3.11. The summed E-state index contributed by atoms with van der Waals surface area (Å²) < 4.78 is 5.22. The molecule has 166 valence electrons. The van der Waals surface area contributed by atoms with Gasteiger partial charge in [0.1, 0.15) is 11.0 Å². The van der Waals surface area contributed by atoms with Gasteiger partial charge in [-0.05, 0) is 36.8 Å². The van der Waals surface area contributed by atoms with E-state index in [4.69, 9.17) is 4.74 Å². The maximum Gasteiger partial charge on any atom is 0.240 e. The molecule has 2 aromatic rings. The summed E-state index contributed by atoms with van der Waals surface area (Å²) >= 11 is 1.15. The van der Waals surface area contributed by atoms with Crippen LogP contribution in [0.3, 0.4) is 0 Å². The first-order chi connectivity index (χ1) is 15.4. The van der Waals surface area contributed by atoms with Crippen LogP contribution in [-0.2, 0) is 14.4 Å². The van der Waals surface area contributed by atoms with Crippen LogP contribution in [0.25, 0.3) is 0 Å². The topological polar surface area (TPSA) is 121 Å². The summed E-state index contributed by atoms with van der Waals surface area (Å²) in [5.41, 5.74) is 2.58. The minimum absolute atomic E-state index is 0.0188. The lowest BCUT2D eigenvalue weighted by Crippen LogP contribution is -2.28. The Morgan fingerprint density at radius 3 is 2.66 bits per heavy atom. The number of amides is 3. The highest BCUT2D eigenvalue weighted by molar-refractivity contribution is 8.15. The fourth-order valence-corrected chi connectivity index (χ4v) is 3.83. The van der Waals surface area contributed by atoms with Crippen LogP contribution >= 0.6 is 11.8 Å². The van der Waals surface area contributed by atoms with Crippen molar-refractivity contribution in [1.82, 2.24) is 5.32 Å². The third kappa shape index (κ3) is 6.17. The molecule has 0 aromatic heterocycles. The zero-order chi connectivity index (χ0) is 23.1. The van der Waals surface area contributed by atoms with Gasteiger partial charge >= 0.3 is 0 Å². The average molecular weight is 454 g/mol. The zero-order valence-electron chi connectivity index (χ0n) is 17.8. The SMILES string of the molecule is COc1ccccc1NC(=O)CC1S/C(=N\N=C(C)c2cccc(NC(C)=O)c2)NC1=O. The van der Waals surface area contributed by atoms with Crippen LogP contribution in [0.5, 0.6) is 5.75 Å². The Balaban J connectivity index is 1.62. The first-order valence-electron chi connectivity index (χ1n) is 9.76. The Hall–Kier alpha value is -3.66. The Kier molecular flexibility index (Phi) is 7.61. The van der Waals surface area contributed by atoms with Crippen LogP contribution in [0.1, 0.15) is 25.8 Å². The second-order valence-corrected chi connectivity index (χ2v) is 8.09. The van der Waals surface area contributed by atoms with Crippen LogP contribution < -0.4 is 20.7 Å². The Bertz CT molecular complexity index is 1100. The van der Waals surface area contributed by atoms with Crippen molar-refractivity contribution in [2.24, 2.45) is 10.2 Å². The lowest BCUT2D eigenvalue weighted by molar-refractivity contribution is -0.122. The number of amidine groups is 1. The third-order valence-corrected chi connectivity index (χ3v) is 5.49. The number of rotatable bonds is 7. The molecule has 1 heterocycles. The van der Waals surface area contributed by atoms with E-state index in [2.05, 4.69) is 26.2 Å². The number of carbonyl (C=O) groups is 3. The van der Waals surface area contributed by atoms with Gasteiger partial charge in [0.05, 0.1) is 18.5 Å². The van der Waals surface area contributed by atoms with E-state index >= 15 is 0 Å². The van der Waals surface area contributed by atoms with E-state index in [9.17, 15) is 14.4 Å². The molecule has 1 aliphatic rings. The van der Waals surface area contributed by atoms with E-state index in [1.54, 1.807) is 49.4 Å². The molecule has 3 rings (SSSR count). The molecule has 1 fully saturated rings. The molecule has 3 N–H and O–H groups in total. The van der Waals surface area contributed by atoms with Gasteiger partial charge in [-0.3, -0.25) is 14.4 Å². The molecule has 0 aliphatic carbocycles. The molecule has 0 saturated carbocycles. The van der Waals surface area contributed by atoms with E-state index < -0.39 is 5.25 Å². The van der Waals surface area contributed by atoms with Crippen molar-refractivity contribution in [1.29, 1.82) is 0 Å². The first-order valence-corrected chi connectivity index (χ1v) is 10.6. The molecule has 0 bridgehead atoms. The fraction of sp³-hybridized carbons (Fsp3) is 0.227. The van der Waals surface area contributed by atoms with Gasteiger partial charge < -0.3 is 20.7 Å². The van der Waals surface area contributed by atoms with E-state index in [1.165, 1.54) is 14.0 Å². The lowest BCUT2D eigenvalue weighted by atomic mass is 10.1. The summed E-state index contributed by atoms with van der Waals surface area (Å²) in [6, 6.07) is 14.3. The van der Waals surface area contributed by atoms with Crippen molar-refractivity contribution in [3.05, 3.63) is 54.1 Å². The predicted molar refractivity (Wildman–Crippen MR) is 126 cm³/mol. The maximum absolute atomic E-state index is 12.4. The molecule has 1 atom stereocenters. The van der Waals surface area contributed by atoms with Gasteiger partial charge in [-0.1, -0.05) is 36.0 Å². The smallest absolute Gasteiger partial charge is 0.240 e. The molecule has 9 nitrogen and oxygen atoms in total. The molecule has 1 aliphatic heterocycles. The molecule has 3 amide bonds. The molecule has 0 radical (unpaired) electrons. The summed E-state index contributed by atoms with van der Waals surface area (Å²) in [5.74, 6) is -0.232. The van der Waals surface area contributed by atoms with E-state index in [-0.39, 0.29) is 24.1 Å². The largest absolute Gasteiger partial charge is 0.495 e. The number of benzene rings is 2. The summed E-state index contributed by atoms with van der Waals surface area (Å²) in [7, 11) is 1.52. The number of nitrogens with one attached hydrogen (secondary N) is 3. The highest BCUT2D eigenvalue weighted by atomic mass is 32.2. The van der Waals surface area contributed by atoms with E-state index in [0.29, 0.717) is 28.0 Å². The molecule has 32 heavy (non-hydrogen) atoms. The number of hydrogen-bond donors (Lipinski definition) is 3. The summed E-state index contributed by atoms with van der Waals surface area (Å²) in [6.07, 6.45) is -0.0188. The number of thioether (sulfide) groups is 1. The zero-order valence-corrected chi connectivity index (χ0v) is 18.7. The quantitative estimate of drug-likeness (QED) is 0.440. The van der Waals surface area contributed by atoms with Crippen molar-refractivity contribution in [3.63, 3.8) is 0 Å².